The molecule has 0 radical (unpaired) electrons. The van der Waals surface area contributed by atoms with Crippen LogP contribution in [0.15, 0.2) is 24.3 Å². The van der Waals surface area contributed by atoms with Crippen molar-refractivity contribution in [3.05, 3.63) is 40.8 Å². The molecule has 3 aromatic rings. The Morgan fingerprint density at radius 1 is 1.42 bits per heavy atom. The van der Waals surface area contributed by atoms with E-state index in [0.717, 1.165) is 10.1 Å². The van der Waals surface area contributed by atoms with Crippen LogP contribution in [-0.4, -0.2) is 26.5 Å². The van der Waals surface area contributed by atoms with Crippen molar-refractivity contribution in [1.29, 1.82) is 0 Å². The molecule has 1 aromatic carbocycles. The quantitative estimate of drug-likeness (QED) is 0.759. The van der Waals surface area contributed by atoms with Gasteiger partial charge in [-0.15, -0.1) is 21.5 Å². The van der Waals surface area contributed by atoms with E-state index in [2.05, 4.69) is 25.9 Å². The van der Waals surface area contributed by atoms with E-state index in [0.29, 0.717) is 10.7 Å². The summed E-state index contributed by atoms with van der Waals surface area (Å²) in [5, 5.41) is 16.7. The minimum atomic E-state index is -0.312. The first-order chi connectivity index (χ1) is 9.22. The smallest absolute Gasteiger partial charge is 0.261 e. The van der Waals surface area contributed by atoms with Gasteiger partial charge in [0.2, 0.25) is 0 Å². The number of thiophene rings is 1. The monoisotopic (exact) mass is 277 g/mol. The van der Waals surface area contributed by atoms with Gasteiger partial charge in [-0.3, -0.25) is 4.79 Å². The largest absolute Gasteiger partial charge is 0.344 e. The number of benzene rings is 1. The second kappa shape index (κ2) is 4.73. The summed E-state index contributed by atoms with van der Waals surface area (Å²) in [7, 11) is 0. The number of halogens is 1. The number of tetrazole rings is 1. The Morgan fingerprint density at radius 2 is 2.32 bits per heavy atom. The third-order valence-corrected chi connectivity index (χ3v) is 3.60. The van der Waals surface area contributed by atoms with E-state index in [-0.39, 0.29) is 18.3 Å². The number of aromatic amines is 1. The van der Waals surface area contributed by atoms with Gasteiger partial charge >= 0.3 is 0 Å². The van der Waals surface area contributed by atoms with Crippen LogP contribution in [0.4, 0.5) is 4.39 Å². The van der Waals surface area contributed by atoms with Crippen molar-refractivity contribution < 1.29 is 9.18 Å². The van der Waals surface area contributed by atoms with Crippen molar-refractivity contribution in [3.8, 4) is 0 Å². The van der Waals surface area contributed by atoms with Gasteiger partial charge in [0.05, 0.1) is 11.4 Å². The van der Waals surface area contributed by atoms with Crippen LogP contribution in [0, 0.1) is 5.82 Å². The zero-order valence-corrected chi connectivity index (χ0v) is 10.4. The van der Waals surface area contributed by atoms with Crippen LogP contribution in [0.25, 0.3) is 10.1 Å². The molecule has 0 saturated carbocycles. The van der Waals surface area contributed by atoms with Crippen LogP contribution in [0.2, 0.25) is 0 Å². The normalized spacial score (nSPS) is 10.8. The van der Waals surface area contributed by atoms with Gasteiger partial charge in [0.15, 0.2) is 5.82 Å². The number of carbonyl (C=O) groups is 1. The van der Waals surface area contributed by atoms with Gasteiger partial charge in [0.1, 0.15) is 5.82 Å². The number of amides is 1. The third kappa shape index (κ3) is 2.43. The number of hydrogen-bond donors (Lipinski definition) is 2. The van der Waals surface area contributed by atoms with Gasteiger partial charge in [0, 0.05) is 4.70 Å². The molecule has 2 aromatic heterocycles. The number of nitrogens with zero attached hydrogens (tertiary/aromatic N) is 3. The summed E-state index contributed by atoms with van der Waals surface area (Å²) in [5.74, 6) is -0.153. The standard InChI is InChI=1S/C11H8FN5OS/c12-7-2-1-6-3-9(19-8(6)4-7)11(18)13-5-10-14-16-17-15-10/h1-4H,5H2,(H,13,18)(H,14,15,16,17). The molecule has 19 heavy (non-hydrogen) atoms. The summed E-state index contributed by atoms with van der Waals surface area (Å²) >= 11 is 1.24. The van der Waals surface area contributed by atoms with Gasteiger partial charge in [-0.2, -0.15) is 5.21 Å². The van der Waals surface area contributed by atoms with Crippen LogP contribution in [0.1, 0.15) is 15.5 Å². The molecule has 96 valence electrons. The first kappa shape index (κ1) is 11.7. The Labute approximate surface area is 110 Å². The molecule has 2 N–H and O–H groups in total. The van der Waals surface area contributed by atoms with E-state index in [9.17, 15) is 9.18 Å². The zero-order valence-electron chi connectivity index (χ0n) is 9.55. The topological polar surface area (TPSA) is 83.6 Å². The highest BCUT2D eigenvalue weighted by molar-refractivity contribution is 7.20. The van der Waals surface area contributed by atoms with Gasteiger partial charge < -0.3 is 5.32 Å². The van der Waals surface area contributed by atoms with E-state index in [1.165, 1.54) is 23.5 Å². The van der Waals surface area contributed by atoms with Crippen molar-refractivity contribution in [2.45, 2.75) is 6.54 Å². The number of aromatic nitrogens is 4. The predicted octanol–water partition coefficient (Wildman–Crippen LogP) is 1.48. The zero-order chi connectivity index (χ0) is 13.2. The molecule has 0 aliphatic rings. The lowest BCUT2D eigenvalue weighted by molar-refractivity contribution is 0.0954. The third-order valence-electron chi connectivity index (χ3n) is 2.50. The van der Waals surface area contributed by atoms with E-state index in [4.69, 9.17) is 0 Å². The molecule has 2 heterocycles. The summed E-state index contributed by atoms with van der Waals surface area (Å²) in [6, 6.07) is 6.16. The average molecular weight is 277 g/mol. The highest BCUT2D eigenvalue weighted by atomic mass is 32.1. The number of rotatable bonds is 3. The van der Waals surface area contributed by atoms with Gasteiger partial charge in [-0.25, -0.2) is 4.39 Å². The molecule has 0 atom stereocenters. The number of carbonyl (C=O) groups excluding carboxylic acids is 1. The fourth-order valence-electron chi connectivity index (χ4n) is 1.62. The Bertz CT molecular complexity index is 724. The SMILES string of the molecule is O=C(NCc1nn[nH]n1)c1cc2ccc(F)cc2s1. The molecule has 0 aliphatic heterocycles. The van der Waals surface area contributed by atoms with Crippen molar-refractivity contribution in [2.75, 3.05) is 0 Å². The summed E-state index contributed by atoms with van der Waals surface area (Å²) in [6.07, 6.45) is 0. The second-order valence-corrected chi connectivity index (χ2v) is 4.89. The molecule has 0 saturated heterocycles. The minimum absolute atomic E-state index is 0.192. The molecule has 0 spiro atoms. The number of hydrogen-bond acceptors (Lipinski definition) is 5. The molecule has 6 nitrogen and oxygen atoms in total. The van der Waals surface area contributed by atoms with Crippen molar-refractivity contribution in [1.82, 2.24) is 25.9 Å². The van der Waals surface area contributed by atoms with Gasteiger partial charge in [-0.05, 0) is 23.6 Å². The maximum Gasteiger partial charge on any atom is 0.261 e. The Hall–Kier alpha value is -2.35. The fourth-order valence-corrected chi connectivity index (χ4v) is 2.62. The lowest BCUT2D eigenvalue weighted by atomic mass is 10.2. The Morgan fingerprint density at radius 3 is 3.11 bits per heavy atom. The number of nitrogens with one attached hydrogen (secondary N) is 2. The molecule has 0 bridgehead atoms. The van der Waals surface area contributed by atoms with E-state index >= 15 is 0 Å². The maximum absolute atomic E-state index is 13.1. The highest BCUT2D eigenvalue weighted by Gasteiger charge is 2.11. The van der Waals surface area contributed by atoms with Crippen molar-refractivity contribution in [3.63, 3.8) is 0 Å². The lowest BCUT2D eigenvalue weighted by Crippen LogP contribution is -2.22. The molecule has 0 unspecified atom stereocenters. The maximum atomic E-state index is 13.1. The molecule has 8 heteroatoms. The Balaban J connectivity index is 1.77. The summed E-state index contributed by atoms with van der Waals surface area (Å²) in [5.41, 5.74) is 0. The van der Waals surface area contributed by atoms with Crippen molar-refractivity contribution in [2.24, 2.45) is 0 Å². The van der Waals surface area contributed by atoms with Crippen LogP contribution >= 0.6 is 11.3 Å². The first-order valence-electron chi connectivity index (χ1n) is 5.42. The summed E-state index contributed by atoms with van der Waals surface area (Å²) < 4.78 is 13.8. The highest BCUT2D eigenvalue weighted by Crippen LogP contribution is 2.26. The molecular formula is C11H8FN5OS. The van der Waals surface area contributed by atoms with Crippen molar-refractivity contribution >= 4 is 27.3 Å². The first-order valence-corrected chi connectivity index (χ1v) is 6.23. The van der Waals surface area contributed by atoms with E-state index < -0.39 is 0 Å². The molecule has 0 fully saturated rings. The van der Waals surface area contributed by atoms with Crippen LogP contribution in [0.5, 0.6) is 0 Å². The molecule has 3 rings (SSSR count). The minimum Gasteiger partial charge on any atom is -0.344 e. The van der Waals surface area contributed by atoms with Crippen LogP contribution in [-0.2, 0) is 6.54 Å². The van der Waals surface area contributed by atoms with Crippen LogP contribution in [0.3, 0.4) is 0 Å². The fraction of sp³-hybridized carbons (Fsp3) is 0.0909. The van der Waals surface area contributed by atoms with E-state index in [1.54, 1.807) is 12.1 Å². The summed E-state index contributed by atoms with van der Waals surface area (Å²) in [6.45, 7) is 0.192. The van der Waals surface area contributed by atoms with E-state index in [1.807, 2.05) is 0 Å². The predicted molar refractivity (Wildman–Crippen MR) is 67.1 cm³/mol. The Kier molecular flexibility index (Phi) is 2.92. The lowest BCUT2D eigenvalue weighted by Gasteiger charge is -1.98. The average Bonchev–Trinajstić information content (AvgIpc) is 3.04. The van der Waals surface area contributed by atoms with Gasteiger partial charge in [-0.1, -0.05) is 11.3 Å². The number of fused-ring (bicyclic) bond motifs is 1. The molecule has 1 amide bonds. The van der Waals surface area contributed by atoms with Crippen LogP contribution < -0.4 is 5.32 Å². The number of H-pyrrole nitrogens is 1. The second-order valence-electron chi connectivity index (χ2n) is 3.80. The molecule has 0 aliphatic carbocycles. The van der Waals surface area contributed by atoms with Gasteiger partial charge in [0.25, 0.3) is 5.91 Å². The molecular weight excluding hydrogens is 269 g/mol. The summed E-state index contributed by atoms with van der Waals surface area (Å²) in [4.78, 5) is 12.4.